The predicted octanol–water partition coefficient (Wildman–Crippen LogP) is 1.42. The van der Waals surface area contributed by atoms with Crippen molar-refractivity contribution in [2.45, 2.75) is 6.54 Å². The summed E-state index contributed by atoms with van der Waals surface area (Å²) in [6, 6.07) is 7.54. The van der Waals surface area contributed by atoms with Crippen LogP contribution in [0.3, 0.4) is 0 Å². The minimum absolute atomic E-state index is 0.0131. The van der Waals surface area contributed by atoms with Gasteiger partial charge in [0.15, 0.2) is 0 Å². The lowest BCUT2D eigenvalue weighted by molar-refractivity contribution is 0.0683. The van der Waals surface area contributed by atoms with E-state index in [2.05, 4.69) is 5.32 Å². The Morgan fingerprint density at radius 2 is 1.50 bits per heavy atom. The van der Waals surface area contributed by atoms with E-state index in [0.29, 0.717) is 5.56 Å². The van der Waals surface area contributed by atoms with E-state index in [4.69, 9.17) is 10.2 Å². The van der Waals surface area contributed by atoms with E-state index in [9.17, 15) is 24.6 Å². The Morgan fingerprint density at radius 1 is 0.875 bits per heavy atom. The van der Waals surface area contributed by atoms with Gasteiger partial charge in [-0.05, 0) is 29.8 Å². The molecular formula is C16H13NO7. The molecule has 8 heteroatoms. The van der Waals surface area contributed by atoms with Crippen molar-refractivity contribution in [2.24, 2.45) is 0 Å². The molecule has 0 saturated carbocycles. The molecule has 1 amide bonds. The Balaban J connectivity index is 2.16. The minimum atomic E-state index is -1.44. The summed E-state index contributed by atoms with van der Waals surface area (Å²) in [7, 11) is 0. The van der Waals surface area contributed by atoms with Crippen molar-refractivity contribution in [1.29, 1.82) is 0 Å². The van der Waals surface area contributed by atoms with Crippen LogP contribution in [0.2, 0.25) is 0 Å². The Morgan fingerprint density at radius 3 is 2.12 bits per heavy atom. The highest BCUT2D eigenvalue weighted by Crippen LogP contribution is 2.27. The van der Waals surface area contributed by atoms with Gasteiger partial charge in [0.2, 0.25) is 0 Å². The average Bonchev–Trinajstić information content (AvgIpc) is 2.54. The first kappa shape index (κ1) is 16.8. The normalized spacial score (nSPS) is 10.2. The summed E-state index contributed by atoms with van der Waals surface area (Å²) in [6.45, 7) is -0.0131. The number of phenolic OH excluding ortho intramolecular Hbond substituents is 1. The third kappa shape index (κ3) is 3.61. The van der Waals surface area contributed by atoms with Crippen LogP contribution in [-0.2, 0) is 6.54 Å². The van der Waals surface area contributed by atoms with Crippen LogP contribution in [0.15, 0.2) is 36.4 Å². The molecule has 0 saturated heterocycles. The number of benzene rings is 2. The molecule has 0 aromatic heterocycles. The summed E-state index contributed by atoms with van der Waals surface area (Å²) >= 11 is 0. The van der Waals surface area contributed by atoms with Crippen LogP contribution in [0.25, 0.3) is 0 Å². The van der Waals surface area contributed by atoms with E-state index >= 15 is 0 Å². The topological polar surface area (TPSA) is 144 Å². The average molecular weight is 331 g/mol. The van der Waals surface area contributed by atoms with Crippen LogP contribution >= 0.6 is 0 Å². The molecule has 0 radical (unpaired) electrons. The van der Waals surface area contributed by atoms with Crippen molar-refractivity contribution in [3.05, 3.63) is 58.7 Å². The lowest BCUT2D eigenvalue weighted by Crippen LogP contribution is -2.23. The molecule has 0 atom stereocenters. The number of rotatable bonds is 5. The molecule has 0 aliphatic heterocycles. The van der Waals surface area contributed by atoms with E-state index < -0.39 is 34.9 Å². The number of nitrogens with one attached hydrogen (secondary N) is 1. The second-order valence-electron chi connectivity index (χ2n) is 4.88. The van der Waals surface area contributed by atoms with Gasteiger partial charge < -0.3 is 25.7 Å². The molecule has 124 valence electrons. The van der Waals surface area contributed by atoms with E-state index in [0.717, 1.165) is 12.1 Å². The van der Waals surface area contributed by atoms with E-state index in [-0.39, 0.29) is 17.7 Å². The largest absolute Gasteiger partial charge is 0.507 e. The number of carbonyl (C=O) groups excluding carboxylic acids is 1. The Kier molecular flexibility index (Phi) is 4.69. The second kappa shape index (κ2) is 6.69. The molecule has 2 aromatic rings. The molecular weight excluding hydrogens is 318 g/mol. The van der Waals surface area contributed by atoms with Crippen LogP contribution in [0, 0.1) is 0 Å². The monoisotopic (exact) mass is 331 g/mol. The number of aromatic carboxylic acids is 2. The van der Waals surface area contributed by atoms with Gasteiger partial charge in [0.25, 0.3) is 5.91 Å². The Hall–Kier alpha value is -3.55. The maximum absolute atomic E-state index is 12.0. The van der Waals surface area contributed by atoms with Gasteiger partial charge in [0, 0.05) is 6.54 Å². The fourth-order valence-corrected chi connectivity index (χ4v) is 2.02. The third-order valence-corrected chi connectivity index (χ3v) is 3.22. The quantitative estimate of drug-likeness (QED) is 0.521. The number of phenols is 2. The molecule has 0 heterocycles. The summed E-state index contributed by atoms with van der Waals surface area (Å²) in [5.74, 6) is -4.55. The zero-order valence-corrected chi connectivity index (χ0v) is 12.2. The molecule has 0 aliphatic carbocycles. The van der Waals surface area contributed by atoms with Crippen LogP contribution in [0.1, 0.15) is 36.6 Å². The molecule has 5 N–H and O–H groups in total. The molecule has 2 aromatic carbocycles. The van der Waals surface area contributed by atoms with Gasteiger partial charge >= 0.3 is 11.9 Å². The number of aromatic hydroxyl groups is 2. The Bertz CT molecular complexity index is 829. The minimum Gasteiger partial charge on any atom is -0.507 e. The van der Waals surface area contributed by atoms with Gasteiger partial charge in [0.1, 0.15) is 17.1 Å². The van der Waals surface area contributed by atoms with Crippen molar-refractivity contribution in [3.63, 3.8) is 0 Å². The van der Waals surface area contributed by atoms with Crippen molar-refractivity contribution in [2.75, 3.05) is 0 Å². The fourth-order valence-electron chi connectivity index (χ4n) is 2.02. The number of carboxylic acid groups (broad SMARTS) is 2. The molecule has 2 rings (SSSR count). The molecule has 0 fully saturated rings. The summed E-state index contributed by atoms with van der Waals surface area (Å²) in [5.41, 5.74) is -0.243. The first-order chi connectivity index (χ1) is 11.3. The van der Waals surface area contributed by atoms with Crippen molar-refractivity contribution in [3.8, 4) is 11.5 Å². The number of amides is 1. The maximum Gasteiger partial charge on any atom is 0.339 e. The van der Waals surface area contributed by atoms with E-state index in [1.165, 1.54) is 18.2 Å². The SMILES string of the molecule is O=C(O)c1cccc(CNC(=O)c2cc(O)c(C(=O)O)cc2O)c1. The lowest BCUT2D eigenvalue weighted by atomic mass is 10.1. The number of hydrogen-bond donors (Lipinski definition) is 5. The van der Waals surface area contributed by atoms with Gasteiger partial charge in [-0.3, -0.25) is 4.79 Å². The number of carboxylic acids is 2. The van der Waals surface area contributed by atoms with E-state index in [1.54, 1.807) is 6.07 Å². The number of carbonyl (C=O) groups is 3. The first-order valence-corrected chi connectivity index (χ1v) is 6.69. The van der Waals surface area contributed by atoms with E-state index in [1.807, 2.05) is 0 Å². The van der Waals surface area contributed by atoms with Gasteiger partial charge in [-0.1, -0.05) is 12.1 Å². The molecule has 0 aliphatic rings. The zero-order chi connectivity index (χ0) is 17.9. The lowest BCUT2D eigenvalue weighted by Gasteiger charge is -2.09. The van der Waals surface area contributed by atoms with Crippen LogP contribution in [0.5, 0.6) is 11.5 Å². The highest BCUT2D eigenvalue weighted by molar-refractivity contribution is 6.00. The summed E-state index contributed by atoms with van der Waals surface area (Å²) in [5, 5.41) is 39.5. The van der Waals surface area contributed by atoms with Crippen molar-refractivity contribution < 1.29 is 34.8 Å². The molecule has 24 heavy (non-hydrogen) atoms. The molecule has 8 nitrogen and oxygen atoms in total. The van der Waals surface area contributed by atoms with Crippen LogP contribution in [0.4, 0.5) is 0 Å². The van der Waals surface area contributed by atoms with Gasteiger partial charge in [0.05, 0.1) is 11.1 Å². The van der Waals surface area contributed by atoms with Gasteiger partial charge in [-0.25, -0.2) is 9.59 Å². The third-order valence-electron chi connectivity index (χ3n) is 3.22. The molecule has 0 spiro atoms. The zero-order valence-electron chi connectivity index (χ0n) is 12.2. The maximum atomic E-state index is 12.0. The van der Waals surface area contributed by atoms with Crippen molar-refractivity contribution in [1.82, 2.24) is 5.32 Å². The van der Waals surface area contributed by atoms with Crippen LogP contribution in [-0.4, -0.2) is 38.3 Å². The highest BCUT2D eigenvalue weighted by atomic mass is 16.4. The smallest absolute Gasteiger partial charge is 0.339 e. The Labute approximate surface area is 135 Å². The standard InChI is InChI=1S/C16H13NO7/c18-12-6-11(16(23)24)13(19)5-10(12)14(20)17-7-8-2-1-3-9(4-8)15(21)22/h1-6,18-19H,7H2,(H,17,20)(H,21,22)(H,23,24). The van der Waals surface area contributed by atoms with Gasteiger partial charge in [-0.15, -0.1) is 0 Å². The first-order valence-electron chi connectivity index (χ1n) is 6.69. The van der Waals surface area contributed by atoms with Crippen molar-refractivity contribution >= 4 is 17.8 Å². The fraction of sp³-hybridized carbons (Fsp3) is 0.0625. The molecule has 0 bridgehead atoms. The van der Waals surface area contributed by atoms with Gasteiger partial charge in [-0.2, -0.15) is 0 Å². The molecule has 0 unspecified atom stereocenters. The summed E-state index contributed by atoms with van der Waals surface area (Å²) < 4.78 is 0. The highest BCUT2D eigenvalue weighted by Gasteiger charge is 2.18. The summed E-state index contributed by atoms with van der Waals surface area (Å²) in [6.07, 6.45) is 0. The predicted molar refractivity (Wildman–Crippen MR) is 81.3 cm³/mol. The van der Waals surface area contributed by atoms with Crippen LogP contribution < -0.4 is 5.32 Å². The summed E-state index contributed by atoms with van der Waals surface area (Å²) in [4.78, 5) is 33.8. The number of hydrogen-bond acceptors (Lipinski definition) is 5. The second-order valence-corrected chi connectivity index (χ2v) is 4.88.